The molecular weight excluding hydrogens is 327 g/mol. The van der Waals surface area contributed by atoms with E-state index in [-0.39, 0.29) is 12.5 Å². The highest BCUT2D eigenvalue weighted by atomic mass is 35.5. The van der Waals surface area contributed by atoms with Gasteiger partial charge < -0.3 is 15.4 Å². The van der Waals surface area contributed by atoms with Crippen molar-refractivity contribution >= 4 is 34.9 Å². The Balaban J connectivity index is 1.60. The van der Waals surface area contributed by atoms with Crippen molar-refractivity contribution in [3.8, 4) is 5.75 Å². The third kappa shape index (κ3) is 3.35. The van der Waals surface area contributed by atoms with E-state index < -0.39 is 0 Å². The first-order chi connectivity index (χ1) is 10.6. The van der Waals surface area contributed by atoms with Crippen molar-refractivity contribution in [1.29, 1.82) is 0 Å². The summed E-state index contributed by atoms with van der Waals surface area (Å²) in [6, 6.07) is 4.84. The average molecular weight is 341 g/mol. The second-order valence-electron chi connectivity index (χ2n) is 4.87. The van der Waals surface area contributed by atoms with Crippen molar-refractivity contribution in [3.63, 3.8) is 0 Å². The number of fused-ring (bicyclic) bond motifs is 1. The normalized spacial score (nSPS) is 13.5. The summed E-state index contributed by atoms with van der Waals surface area (Å²) in [5.41, 5.74) is 2.04. The van der Waals surface area contributed by atoms with E-state index in [0.29, 0.717) is 21.6 Å². The lowest BCUT2D eigenvalue weighted by Gasteiger charge is -2.13. The number of anilines is 1. The van der Waals surface area contributed by atoms with Crippen LogP contribution in [0.2, 0.25) is 10.0 Å². The van der Waals surface area contributed by atoms with E-state index in [4.69, 9.17) is 27.9 Å². The molecule has 1 amide bonds. The van der Waals surface area contributed by atoms with Crippen LogP contribution in [0.15, 0.2) is 18.2 Å². The molecule has 1 aliphatic rings. The average Bonchev–Trinajstić information content (AvgIpc) is 2.90. The topological polar surface area (TPSA) is 79.0 Å². The van der Waals surface area contributed by atoms with Crippen LogP contribution in [0.3, 0.4) is 0 Å². The van der Waals surface area contributed by atoms with Crippen molar-refractivity contribution in [1.82, 2.24) is 15.5 Å². The van der Waals surface area contributed by atoms with Gasteiger partial charge >= 0.3 is 0 Å². The number of aromatic nitrogens is 2. The monoisotopic (exact) mass is 340 g/mol. The zero-order valence-electron chi connectivity index (χ0n) is 11.6. The third-order valence-corrected chi connectivity index (χ3v) is 3.85. The van der Waals surface area contributed by atoms with E-state index >= 15 is 0 Å². The first-order valence-electron chi connectivity index (χ1n) is 6.78. The maximum absolute atomic E-state index is 12.0. The van der Waals surface area contributed by atoms with Gasteiger partial charge in [0, 0.05) is 17.1 Å². The number of rotatable bonds is 4. The lowest BCUT2D eigenvalue weighted by molar-refractivity contribution is -0.118. The fourth-order valence-electron chi connectivity index (χ4n) is 2.25. The summed E-state index contributed by atoms with van der Waals surface area (Å²) in [7, 11) is 0. The zero-order chi connectivity index (χ0) is 15.5. The Labute approximate surface area is 137 Å². The molecule has 1 aromatic heterocycles. The van der Waals surface area contributed by atoms with Crippen molar-refractivity contribution in [2.24, 2.45) is 0 Å². The Morgan fingerprint density at radius 2 is 2.27 bits per heavy atom. The Bertz CT molecular complexity index is 702. The van der Waals surface area contributed by atoms with Crippen LogP contribution in [0.25, 0.3) is 0 Å². The molecule has 1 aliphatic heterocycles. The van der Waals surface area contributed by atoms with E-state index in [0.717, 1.165) is 30.8 Å². The molecule has 2 heterocycles. The molecule has 116 valence electrons. The smallest absolute Gasteiger partial charge is 0.263 e. The molecule has 0 unspecified atom stereocenters. The molecule has 2 aromatic rings. The van der Waals surface area contributed by atoms with Crippen LogP contribution >= 0.6 is 23.2 Å². The molecule has 0 aliphatic carbocycles. The van der Waals surface area contributed by atoms with Gasteiger partial charge in [0.25, 0.3) is 5.91 Å². The maximum Gasteiger partial charge on any atom is 0.263 e. The van der Waals surface area contributed by atoms with Gasteiger partial charge in [-0.2, -0.15) is 5.10 Å². The van der Waals surface area contributed by atoms with Crippen molar-refractivity contribution in [3.05, 3.63) is 39.5 Å². The summed E-state index contributed by atoms with van der Waals surface area (Å²) in [5.74, 6) is 0.681. The predicted octanol–water partition coefficient (Wildman–Crippen LogP) is 2.38. The number of carbonyl (C=O) groups is 1. The van der Waals surface area contributed by atoms with E-state index in [9.17, 15) is 4.79 Å². The van der Waals surface area contributed by atoms with Gasteiger partial charge in [0.1, 0.15) is 5.75 Å². The SMILES string of the molecule is O=C(COc1ccc(Cl)cc1Cl)Nc1n[nH]c2c1CCNC2. The van der Waals surface area contributed by atoms with Crippen molar-refractivity contribution in [2.75, 3.05) is 18.5 Å². The van der Waals surface area contributed by atoms with Crippen LogP contribution in [0.5, 0.6) is 5.75 Å². The number of nitrogens with zero attached hydrogens (tertiary/aromatic N) is 1. The molecule has 3 N–H and O–H groups in total. The number of hydrogen-bond donors (Lipinski definition) is 3. The highest BCUT2D eigenvalue weighted by Crippen LogP contribution is 2.27. The highest BCUT2D eigenvalue weighted by molar-refractivity contribution is 6.35. The van der Waals surface area contributed by atoms with Crippen LogP contribution < -0.4 is 15.4 Å². The molecule has 0 fully saturated rings. The van der Waals surface area contributed by atoms with Gasteiger partial charge in [-0.25, -0.2) is 0 Å². The largest absolute Gasteiger partial charge is 0.482 e. The second-order valence-corrected chi connectivity index (χ2v) is 5.71. The van der Waals surface area contributed by atoms with Crippen LogP contribution in [0.1, 0.15) is 11.3 Å². The fraction of sp³-hybridized carbons (Fsp3) is 0.286. The standard InChI is InChI=1S/C14H14Cl2N4O2/c15-8-1-2-12(10(16)5-8)22-7-13(21)18-14-9-3-4-17-6-11(9)19-20-14/h1-2,5,17H,3-4,6-7H2,(H2,18,19,20,21). The Kier molecular flexibility index (Phi) is 4.52. The number of H-pyrrole nitrogens is 1. The number of benzene rings is 1. The number of carbonyl (C=O) groups excluding carboxylic acids is 1. The number of amides is 1. The quantitative estimate of drug-likeness (QED) is 0.798. The van der Waals surface area contributed by atoms with Crippen LogP contribution in [-0.4, -0.2) is 29.3 Å². The first-order valence-corrected chi connectivity index (χ1v) is 7.53. The Morgan fingerprint density at radius 3 is 3.09 bits per heavy atom. The van der Waals surface area contributed by atoms with Crippen LogP contribution in [0.4, 0.5) is 5.82 Å². The maximum atomic E-state index is 12.0. The van der Waals surface area contributed by atoms with Gasteiger partial charge in [-0.1, -0.05) is 23.2 Å². The summed E-state index contributed by atoms with van der Waals surface area (Å²) in [6.45, 7) is 1.45. The number of halogens is 2. The molecule has 0 bridgehead atoms. The molecule has 8 heteroatoms. The molecule has 22 heavy (non-hydrogen) atoms. The van der Waals surface area contributed by atoms with Gasteiger partial charge in [-0.05, 0) is 31.2 Å². The number of hydrogen-bond acceptors (Lipinski definition) is 4. The molecule has 1 aromatic carbocycles. The minimum Gasteiger partial charge on any atom is -0.482 e. The molecule has 0 atom stereocenters. The summed E-state index contributed by atoms with van der Waals surface area (Å²) in [6.07, 6.45) is 0.825. The van der Waals surface area contributed by atoms with Gasteiger partial charge in [0.05, 0.1) is 10.7 Å². The Hall–Kier alpha value is -1.76. The highest BCUT2D eigenvalue weighted by Gasteiger charge is 2.18. The number of ether oxygens (including phenoxy) is 1. The molecule has 0 radical (unpaired) electrons. The van der Waals surface area contributed by atoms with Gasteiger partial charge in [-0.15, -0.1) is 0 Å². The Morgan fingerprint density at radius 1 is 1.41 bits per heavy atom. The molecule has 6 nitrogen and oxygen atoms in total. The van der Waals surface area contributed by atoms with Crippen molar-refractivity contribution < 1.29 is 9.53 Å². The van der Waals surface area contributed by atoms with Gasteiger partial charge in [0.2, 0.25) is 0 Å². The van der Waals surface area contributed by atoms with E-state index in [1.165, 1.54) is 0 Å². The van der Waals surface area contributed by atoms with E-state index in [1.54, 1.807) is 18.2 Å². The molecule has 0 spiro atoms. The van der Waals surface area contributed by atoms with E-state index in [1.807, 2.05) is 0 Å². The summed E-state index contributed by atoms with van der Waals surface area (Å²) >= 11 is 11.8. The van der Waals surface area contributed by atoms with Crippen LogP contribution in [0, 0.1) is 0 Å². The molecule has 0 saturated carbocycles. The summed E-state index contributed by atoms with van der Waals surface area (Å²) < 4.78 is 5.39. The minimum absolute atomic E-state index is 0.152. The van der Waals surface area contributed by atoms with Gasteiger partial charge in [0.15, 0.2) is 12.4 Å². The van der Waals surface area contributed by atoms with E-state index in [2.05, 4.69) is 20.8 Å². The lowest BCUT2D eigenvalue weighted by Crippen LogP contribution is -2.25. The van der Waals surface area contributed by atoms with Crippen LogP contribution in [-0.2, 0) is 17.8 Å². The number of aromatic amines is 1. The predicted molar refractivity (Wildman–Crippen MR) is 84.6 cm³/mol. The fourth-order valence-corrected chi connectivity index (χ4v) is 2.71. The zero-order valence-corrected chi connectivity index (χ0v) is 13.1. The first kappa shape index (κ1) is 15.1. The minimum atomic E-state index is -0.293. The number of nitrogens with one attached hydrogen (secondary N) is 3. The molecule has 0 saturated heterocycles. The van der Waals surface area contributed by atoms with Gasteiger partial charge in [-0.3, -0.25) is 9.89 Å². The summed E-state index contributed by atoms with van der Waals surface area (Å²) in [4.78, 5) is 12.0. The second kappa shape index (κ2) is 6.56. The third-order valence-electron chi connectivity index (χ3n) is 3.32. The lowest BCUT2D eigenvalue weighted by atomic mass is 10.1. The molecule has 3 rings (SSSR count). The molecular formula is C14H14Cl2N4O2. The summed E-state index contributed by atoms with van der Waals surface area (Å²) in [5, 5.41) is 13.9. The van der Waals surface area contributed by atoms with Crippen molar-refractivity contribution in [2.45, 2.75) is 13.0 Å².